The number of hydrogen-bond donors (Lipinski definition) is 2. The molecular weight excluding hydrogens is 448 g/mol. The zero-order valence-electron chi connectivity index (χ0n) is 20.7. The first kappa shape index (κ1) is 24.7. The number of benzene rings is 4. The van der Waals surface area contributed by atoms with Crippen molar-refractivity contribution in [3.05, 3.63) is 125 Å². The predicted octanol–water partition coefficient (Wildman–Crippen LogP) is 7.07. The molecule has 2 N–H and O–H groups in total. The van der Waals surface area contributed by atoms with Gasteiger partial charge in [-0.05, 0) is 59.0 Å². The van der Waals surface area contributed by atoms with E-state index in [4.69, 9.17) is 4.74 Å². The molecule has 0 fully saturated rings. The third-order valence-corrected chi connectivity index (χ3v) is 5.76. The fourth-order valence-corrected chi connectivity index (χ4v) is 3.71. The molecule has 0 unspecified atom stereocenters. The molecule has 0 saturated carbocycles. The molecule has 0 aromatic heterocycles. The number of para-hydroxylation sites is 1. The van der Waals surface area contributed by atoms with Gasteiger partial charge in [0.05, 0.1) is 5.56 Å². The van der Waals surface area contributed by atoms with Gasteiger partial charge in [-0.3, -0.25) is 9.59 Å². The molecule has 182 valence electrons. The average molecular weight is 479 g/mol. The number of ether oxygens (including phenoxy) is 1. The van der Waals surface area contributed by atoms with Gasteiger partial charge in [0, 0.05) is 16.9 Å². The Labute approximate surface area is 212 Å². The van der Waals surface area contributed by atoms with Crippen molar-refractivity contribution < 1.29 is 14.3 Å². The van der Waals surface area contributed by atoms with Gasteiger partial charge in [-0.25, -0.2) is 0 Å². The van der Waals surface area contributed by atoms with E-state index < -0.39 is 0 Å². The third kappa shape index (κ3) is 6.39. The average Bonchev–Trinajstić information content (AvgIpc) is 2.88. The Morgan fingerprint density at radius 1 is 0.694 bits per heavy atom. The van der Waals surface area contributed by atoms with Crippen LogP contribution in [0.3, 0.4) is 0 Å². The summed E-state index contributed by atoms with van der Waals surface area (Å²) in [7, 11) is 0. The summed E-state index contributed by atoms with van der Waals surface area (Å²) in [5.41, 5.74) is 4.36. The largest absolute Gasteiger partial charge is 0.488 e. The maximum Gasteiger partial charge on any atom is 0.259 e. The number of anilines is 2. The van der Waals surface area contributed by atoms with Crippen LogP contribution in [0.1, 0.15) is 52.6 Å². The van der Waals surface area contributed by atoms with Gasteiger partial charge in [0.15, 0.2) is 0 Å². The van der Waals surface area contributed by atoms with Crippen molar-refractivity contribution in [1.82, 2.24) is 0 Å². The summed E-state index contributed by atoms with van der Waals surface area (Å²) in [4.78, 5) is 25.8. The van der Waals surface area contributed by atoms with Crippen molar-refractivity contribution in [2.45, 2.75) is 32.8 Å². The normalized spacial score (nSPS) is 11.0. The number of carbonyl (C=O) groups is 2. The number of hydrogen-bond acceptors (Lipinski definition) is 3. The molecule has 4 rings (SSSR count). The Kier molecular flexibility index (Phi) is 7.50. The molecule has 36 heavy (non-hydrogen) atoms. The summed E-state index contributed by atoms with van der Waals surface area (Å²) >= 11 is 0. The van der Waals surface area contributed by atoms with Gasteiger partial charge < -0.3 is 15.4 Å². The standard InChI is InChI=1S/C31H30N2O3/c1-31(2,3)24-18-16-23(17-19-24)29(34)32-25-12-9-13-26(20-25)33-30(35)27-14-7-8-15-28(27)36-21-22-10-5-4-6-11-22/h4-20H,21H2,1-3H3,(H,32,34)(H,33,35). The Morgan fingerprint density at radius 3 is 1.97 bits per heavy atom. The Morgan fingerprint density at radius 2 is 1.31 bits per heavy atom. The van der Waals surface area contributed by atoms with Crippen LogP contribution in [0.15, 0.2) is 103 Å². The van der Waals surface area contributed by atoms with Gasteiger partial charge in [-0.15, -0.1) is 0 Å². The Bertz CT molecular complexity index is 1340. The molecule has 0 spiro atoms. The van der Waals surface area contributed by atoms with Crippen molar-refractivity contribution in [3.63, 3.8) is 0 Å². The second-order valence-electron chi connectivity index (χ2n) is 9.59. The van der Waals surface area contributed by atoms with Gasteiger partial charge in [-0.1, -0.05) is 81.4 Å². The molecule has 2 amide bonds. The van der Waals surface area contributed by atoms with Crippen molar-refractivity contribution in [1.29, 1.82) is 0 Å². The highest BCUT2D eigenvalue weighted by atomic mass is 16.5. The number of nitrogens with one attached hydrogen (secondary N) is 2. The quantitative estimate of drug-likeness (QED) is 0.299. The van der Waals surface area contributed by atoms with E-state index in [0.717, 1.165) is 11.1 Å². The molecule has 0 aliphatic rings. The maximum atomic E-state index is 13.0. The second kappa shape index (κ2) is 10.9. The van der Waals surface area contributed by atoms with E-state index in [1.165, 1.54) is 0 Å². The van der Waals surface area contributed by atoms with Crippen molar-refractivity contribution in [3.8, 4) is 5.75 Å². The van der Waals surface area contributed by atoms with Crippen LogP contribution in [-0.4, -0.2) is 11.8 Å². The summed E-state index contributed by atoms with van der Waals surface area (Å²) in [5, 5.41) is 5.81. The summed E-state index contributed by atoms with van der Waals surface area (Å²) in [5.74, 6) is 0.000477. The van der Waals surface area contributed by atoms with Crippen LogP contribution < -0.4 is 15.4 Å². The summed E-state index contributed by atoms with van der Waals surface area (Å²) < 4.78 is 5.92. The molecule has 0 heterocycles. The van der Waals surface area contributed by atoms with Gasteiger partial charge in [0.1, 0.15) is 12.4 Å². The van der Waals surface area contributed by atoms with Crippen LogP contribution in [0, 0.1) is 0 Å². The zero-order valence-corrected chi connectivity index (χ0v) is 20.7. The second-order valence-corrected chi connectivity index (χ2v) is 9.59. The first-order valence-electron chi connectivity index (χ1n) is 11.9. The van der Waals surface area contributed by atoms with E-state index in [9.17, 15) is 9.59 Å². The smallest absolute Gasteiger partial charge is 0.259 e. The van der Waals surface area contributed by atoms with Crippen LogP contribution >= 0.6 is 0 Å². The third-order valence-electron chi connectivity index (χ3n) is 5.76. The molecule has 4 aromatic rings. The molecule has 0 aliphatic carbocycles. The van der Waals surface area contributed by atoms with Crippen LogP contribution in [0.4, 0.5) is 11.4 Å². The van der Waals surface area contributed by atoms with Gasteiger partial charge >= 0.3 is 0 Å². The number of amides is 2. The molecule has 0 saturated heterocycles. The monoisotopic (exact) mass is 478 g/mol. The van der Waals surface area contributed by atoms with Crippen molar-refractivity contribution in [2.75, 3.05) is 10.6 Å². The van der Waals surface area contributed by atoms with E-state index in [1.807, 2.05) is 60.7 Å². The van der Waals surface area contributed by atoms with Crippen LogP contribution in [0.25, 0.3) is 0 Å². The Hall–Kier alpha value is -4.38. The van der Waals surface area contributed by atoms with Crippen molar-refractivity contribution >= 4 is 23.2 Å². The van der Waals surface area contributed by atoms with Crippen molar-refractivity contribution in [2.24, 2.45) is 0 Å². The first-order chi connectivity index (χ1) is 17.3. The molecular formula is C31H30N2O3. The first-order valence-corrected chi connectivity index (χ1v) is 11.9. The molecule has 0 radical (unpaired) electrons. The van der Waals surface area contributed by atoms with E-state index >= 15 is 0 Å². The van der Waals surface area contributed by atoms with E-state index in [1.54, 1.807) is 42.5 Å². The topological polar surface area (TPSA) is 67.4 Å². The highest BCUT2D eigenvalue weighted by Crippen LogP contribution is 2.24. The predicted molar refractivity (Wildman–Crippen MR) is 145 cm³/mol. The molecule has 5 heteroatoms. The minimum absolute atomic E-state index is 0.0206. The highest BCUT2D eigenvalue weighted by molar-refractivity contribution is 6.07. The number of carbonyl (C=O) groups excluding carboxylic acids is 2. The lowest BCUT2D eigenvalue weighted by Crippen LogP contribution is -2.15. The van der Waals surface area contributed by atoms with Crippen LogP contribution in [-0.2, 0) is 12.0 Å². The molecule has 0 aliphatic heterocycles. The summed E-state index contributed by atoms with van der Waals surface area (Å²) in [6.45, 7) is 6.77. The lowest BCUT2D eigenvalue weighted by atomic mass is 9.87. The fraction of sp³-hybridized carbons (Fsp3) is 0.161. The van der Waals surface area contributed by atoms with Crippen LogP contribution in [0.2, 0.25) is 0 Å². The van der Waals surface area contributed by atoms with Crippen LogP contribution in [0.5, 0.6) is 5.75 Å². The van der Waals surface area contributed by atoms with E-state index in [-0.39, 0.29) is 17.2 Å². The van der Waals surface area contributed by atoms with E-state index in [0.29, 0.717) is 34.9 Å². The van der Waals surface area contributed by atoms with Gasteiger partial charge in [0.25, 0.3) is 11.8 Å². The lowest BCUT2D eigenvalue weighted by molar-refractivity contribution is 0.101. The molecule has 4 aromatic carbocycles. The molecule has 0 bridgehead atoms. The van der Waals surface area contributed by atoms with Gasteiger partial charge in [0.2, 0.25) is 0 Å². The highest BCUT2D eigenvalue weighted by Gasteiger charge is 2.15. The molecule has 0 atom stereocenters. The fourth-order valence-electron chi connectivity index (χ4n) is 3.71. The minimum Gasteiger partial charge on any atom is -0.488 e. The van der Waals surface area contributed by atoms with Gasteiger partial charge in [-0.2, -0.15) is 0 Å². The SMILES string of the molecule is CC(C)(C)c1ccc(C(=O)Nc2cccc(NC(=O)c3ccccc3OCc3ccccc3)c2)cc1. The molecule has 5 nitrogen and oxygen atoms in total. The number of rotatable bonds is 7. The zero-order chi connectivity index (χ0) is 25.5. The Balaban J connectivity index is 1.42. The summed E-state index contributed by atoms with van der Waals surface area (Å²) in [6.07, 6.45) is 0. The van der Waals surface area contributed by atoms with E-state index in [2.05, 4.69) is 31.4 Å². The minimum atomic E-state index is -0.292. The lowest BCUT2D eigenvalue weighted by Gasteiger charge is -2.19. The summed E-state index contributed by atoms with van der Waals surface area (Å²) in [6, 6.07) is 31.6. The maximum absolute atomic E-state index is 13.0.